The van der Waals surface area contributed by atoms with Crippen molar-refractivity contribution in [1.82, 2.24) is 0 Å². The predicted molar refractivity (Wildman–Crippen MR) is 108 cm³/mol. The molecule has 0 amide bonds. The van der Waals surface area contributed by atoms with Crippen LogP contribution in [-0.2, 0) is 29.3 Å². The van der Waals surface area contributed by atoms with Gasteiger partial charge in [0, 0.05) is 0 Å². The van der Waals surface area contributed by atoms with Crippen molar-refractivity contribution in [2.24, 2.45) is 0 Å². The van der Waals surface area contributed by atoms with Crippen LogP contribution in [0.1, 0.15) is 36.0 Å². The second kappa shape index (κ2) is 7.50. The number of hydrogen-bond donors (Lipinski definition) is 2. The minimum atomic E-state index is -3.02. The average molecular weight is 403 g/mol. The molecular formula is C22H26O5S. The Morgan fingerprint density at radius 3 is 2.46 bits per heavy atom. The number of aliphatic hydroxyl groups excluding tert-OH is 1. The van der Waals surface area contributed by atoms with Gasteiger partial charge in [0.2, 0.25) is 0 Å². The molecule has 6 heteroatoms. The first kappa shape index (κ1) is 19.4. The highest BCUT2D eigenvalue weighted by molar-refractivity contribution is 7.91. The molecule has 0 atom stereocenters. The molecule has 1 fully saturated rings. The zero-order valence-corrected chi connectivity index (χ0v) is 16.7. The van der Waals surface area contributed by atoms with Gasteiger partial charge in [-0.3, -0.25) is 0 Å². The largest absolute Gasteiger partial charge is 0.491 e. The van der Waals surface area contributed by atoms with Gasteiger partial charge in [-0.25, -0.2) is 8.42 Å². The van der Waals surface area contributed by atoms with E-state index in [1.54, 1.807) is 0 Å². The molecule has 0 unspecified atom stereocenters. The lowest BCUT2D eigenvalue weighted by Crippen LogP contribution is -2.43. The van der Waals surface area contributed by atoms with E-state index >= 15 is 0 Å². The standard InChI is InChI=1S/C22H26O5S/c23-14-16-4-5-17-2-1-3-18-13-19(6-7-20(18)21(17)12-16)27-15-22(24)8-10-28(25,26)11-9-22/h4-7,12-13,23-24H,1-3,8-11,14-15H2. The summed E-state index contributed by atoms with van der Waals surface area (Å²) in [6, 6.07) is 12.1. The topological polar surface area (TPSA) is 83.8 Å². The third-order valence-electron chi connectivity index (χ3n) is 5.88. The van der Waals surface area contributed by atoms with Gasteiger partial charge in [-0.1, -0.05) is 18.2 Å². The molecular weight excluding hydrogens is 376 g/mol. The SMILES string of the molecule is O=S1(=O)CCC(O)(COc2ccc3c(c2)CCCc2ccc(CO)cc2-3)CC1. The summed E-state index contributed by atoms with van der Waals surface area (Å²) in [4.78, 5) is 0. The number of aliphatic hydroxyl groups is 2. The minimum Gasteiger partial charge on any atom is -0.491 e. The molecule has 1 aliphatic heterocycles. The van der Waals surface area contributed by atoms with Crippen molar-refractivity contribution in [3.05, 3.63) is 53.1 Å². The molecule has 1 heterocycles. The summed E-state index contributed by atoms with van der Waals surface area (Å²) in [7, 11) is -3.02. The lowest BCUT2D eigenvalue weighted by Gasteiger charge is -2.31. The van der Waals surface area contributed by atoms with E-state index in [-0.39, 0.29) is 37.6 Å². The molecule has 2 aromatic carbocycles. The van der Waals surface area contributed by atoms with Crippen LogP contribution in [0, 0.1) is 0 Å². The minimum absolute atomic E-state index is 0.0149. The fourth-order valence-electron chi connectivity index (χ4n) is 4.07. The van der Waals surface area contributed by atoms with E-state index in [0.29, 0.717) is 5.75 Å². The second-order valence-corrected chi connectivity index (χ2v) is 10.3. The Balaban J connectivity index is 1.54. The molecule has 1 aliphatic carbocycles. The van der Waals surface area contributed by atoms with Crippen molar-refractivity contribution >= 4 is 9.84 Å². The average Bonchev–Trinajstić information content (AvgIpc) is 2.87. The van der Waals surface area contributed by atoms with Gasteiger partial charge < -0.3 is 14.9 Å². The molecule has 0 aromatic heterocycles. The number of aryl methyl sites for hydroxylation is 2. The quantitative estimate of drug-likeness (QED) is 0.821. The zero-order chi connectivity index (χ0) is 19.8. The summed E-state index contributed by atoms with van der Waals surface area (Å²) in [5.41, 5.74) is 4.65. The molecule has 0 radical (unpaired) electrons. The van der Waals surface area contributed by atoms with Crippen LogP contribution in [-0.4, -0.2) is 42.3 Å². The highest BCUT2D eigenvalue weighted by atomic mass is 32.2. The molecule has 0 saturated carbocycles. The fraction of sp³-hybridized carbons (Fsp3) is 0.455. The van der Waals surface area contributed by atoms with Crippen LogP contribution in [0.25, 0.3) is 11.1 Å². The summed E-state index contributed by atoms with van der Waals surface area (Å²) >= 11 is 0. The number of sulfone groups is 1. The first-order valence-corrected chi connectivity index (χ1v) is 11.6. The maximum Gasteiger partial charge on any atom is 0.150 e. The number of fused-ring (bicyclic) bond motifs is 3. The van der Waals surface area contributed by atoms with Gasteiger partial charge in [-0.15, -0.1) is 0 Å². The van der Waals surface area contributed by atoms with E-state index in [1.807, 2.05) is 24.3 Å². The Morgan fingerprint density at radius 1 is 0.964 bits per heavy atom. The first-order valence-electron chi connectivity index (χ1n) is 9.79. The van der Waals surface area contributed by atoms with Gasteiger partial charge in [0.15, 0.2) is 9.84 Å². The molecule has 5 nitrogen and oxygen atoms in total. The molecule has 2 aliphatic rings. The third kappa shape index (κ3) is 4.09. The first-order chi connectivity index (χ1) is 13.4. The summed E-state index contributed by atoms with van der Waals surface area (Å²) < 4.78 is 29.0. The third-order valence-corrected chi connectivity index (χ3v) is 7.53. The van der Waals surface area contributed by atoms with Crippen LogP contribution in [0.2, 0.25) is 0 Å². The number of benzene rings is 2. The van der Waals surface area contributed by atoms with Crippen molar-refractivity contribution in [1.29, 1.82) is 0 Å². The molecule has 1 saturated heterocycles. The second-order valence-electron chi connectivity index (χ2n) is 7.99. The number of ether oxygens (including phenoxy) is 1. The zero-order valence-electron chi connectivity index (χ0n) is 15.9. The van der Waals surface area contributed by atoms with E-state index in [2.05, 4.69) is 12.1 Å². The molecule has 2 aromatic rings. The van der Waals surface area contributed by atoms with E-state index in [1.165, 1.54) is 16.7 Å². The van der Waals surface area contributed by atoms with Crippen LogP contribution < -0.4 is 4.74 Å². The van der Waals surface area contributed by atoms with Gasteiger partial charge in [0.05, 0.1) is 18.1 Å². The van der Waals surface area contributed by atoms with Crippen molar-refractivity contribution in [3.63, 3.8) is 0 Å². The Kier molecular flexibility index (Phi) is 5.21. The highest BCUT2D eigenvalue weighted by Gasteiger charge is 2.36. The van der Waals surface area contributed by atoms with Gasteiger partial charge >= 0.3 is 0 Å². The van der Waals surface area contributed by atoms with Crippen LogP contribution >= 0.6 is 0 Å². The van der Waals surface area contributed by atoms with E-state index < -0.39 is 15.4 Å². The van der Waals surface area contributed by atoms with Crippen molar-refractivity contribution in [2.75, 3.05) is 18.1 Å². The summed E-state index contributed by atoms with van der Waals surface area (Å²) in [5.74, 6) is 0.726. The highest BCUT2D eigenvalue weighted by Crippen LogP contribution is 2.35. The van der Waals surface area contributed by atoms with Crippen molar-refractivity contribution < 1.29 is 23.4 Å². The Bertz CT molecular complexity index is 966. The Morgan fingerprint density at radius 2 is 1.71 bits per heavy atom. The van der Waals surface area contributed by atoms with E-state index in [4.69, 9.17) is 4.74 Å². The summed E-state index contributed by atoms with van der Waals surface area (Å²) in [5, 5.41) is 20.1. The predicted octanol–water partition coefficient (Wildman–Crippen LogP) is 2.65. The van der Waals surface area contributed by atoms with E-state index in [0.717, 1.165) is 30.4 Å². The van der Waals surface area contributed by atoms with Gasteiger partial charge in [0.1, 0.15) is 18.0 Å². The Labute approximate surface area is 165 Å². The van der Waals surface area contributed by atoms with Gasteiger partial charge in [-0.2, -0.15) is 0 Å². The van der Waals surface area contributed by atoms with Crippen LogP contribution in [0.3, 0.4) is 0 Å². The van der Waals surface area contributed by atoms with Crippen molar-refractivity contribution in [3.8, 4) is 16.9 Å². The maximum absolute atomic E-state index is 11.6. The van der Waals surface area contributed by atoms with Gasteiger partial charge in [-0.05, 0) is 78.1 Å². The molecule has 2 N–H and O–H groups in total. The van der Waals surface area contributed by atoms with Gasteiger partial charge in [0.25, 0.3) is 0 Å². The molecule has 4 rings (SSSR count). The van der Waals surface area contributed by atoms with Crippen LogP contribution in [0.4, 0.5) is 0 Å². The summed E-state index contributed by atoms with van der Waals surface area (Å²) in [6.45, 7) is 0.130. The van der Waals surface area contributed by atoms with Crippen LogP contribution in [0.15, 0.2) is 36.4 Å². The molecule has 0 bridgehead atoms. The number of rotatable bonds is 4. The molecule has 0 spiro atoms. The lowest BCUT2D eigenvalue weighted by molar-refractivity contribution is -0.0128. The normalized spacial score (nSPS) is 19.9. The maximum atomic E-state index is 11.6. The lowest BCUT2D eigenvalue weighted by atomic mass is 9.94. The summed E-state index contributed by atoms with van der Waals surface area (Å²) in [6.07, 6.45) is 3.43. The van der Waals surface area contributed by atoms with E-state index in [9.17, 15) is 18.6 Å². The smallest absolute Gasteiger partial charge is 0.150 e. The molecule has 150 valence electrons. The number of hydrogen-bond acceptors (Lipinski definition) is 5. The van der Waals surface area contributed by atoms with Crippen LogP contribution in [0.5, 0.6) is 5.75 Å². The van der Waals surface area contributed by atoms with Crippen molar-refractivity contribution in [2.45, 2.75) is 44.3 Å². The monoisotopic (exact) mass is 402 g/mol. The fourth-order valence-corrected chi connectivity index (χ4v) is 5.66. The Hall–Kier alpha value is -1.89. The molecule has 28 heavy (non-hydrogen) atoms.